The van der Waals surface area contributed by atoms with Gasteiger partial charge >= 0.3 is 0 Å². The summed E-state index contributed by atoms with van der Waals surface area (Å²) in [6.07, 6.45) is 1.98. The second-order valence-electron chi connectivity index (χ2n) is 6.05. The SMILES string of the molecule is Cn1cccc1[C@@H]1COCCN1C(=O)c1ccc2c(c1)nnn2C. The number of carbonyl (C=O) groups excluding carboxylic acids is 1. The molecule has 1 saturated heterocycles. The van der Waals surface area contributed by atoms with Gasteiger partial charge in [0.15, 0.2) is 0 Å². The molecule has 2 aromatic heterocycles. The molecule has 0 bridgehead atoms. The summed E-state index contributed by atoms with van der Waals surface area (Å²) in [4.78, 5) is 15.0. The lowest BCUT2D eigenvalue weighted by Crippen LogP contribution is -2.44. The van der Waals surface area contributed by atoms with E-state index < -0.39 is 0 Å². The van der Waals surface area contributed by atoms with E-state index in [1.165, 1.54) is 0 Å². The summed E-state index contributed by atoms with van der Waals surface area (Å²) in [5.74, 6) is -0.00273. The maximum atomic E-state index is 13.1. The molecule has 0 aliphatic carbocycles. The van der Waals surface area contributed by atoms with Crippen LogP contribution in [-0.4, -0.2) is 50.1 Å². The summed E-state index contributed by atoms with van der Waals surface area (Å²) in [6.45, 7) is 1.64. The third-order valence-corrected chi connectivity index (χ3v) is 4.57. The number of aromatic nitrogens is 4. The van der Waals surface area contributed by atoms with E-state index in [-0.39, 0.29) is 11.9 Å². The summed E-state index contributed by atoms with van der Waals surface area (Å²) in [6, 6.07) is 9.47. The monoisotopic (exact) mass is 325 g/mol. The standard InChI is InChI=1S/C17H19N5O2/c1-20-7-3-4-15(20)16-11-24-9-8-22(16)17(23)12-5-6-14-13(10-12)18-19-21(14)2/h3-7,10,16H,8-9,11H2,1-2H3/t16-/m0/s1. The molecule has 3 heterocycles. The molecule has 7 nitrogen and oxygen atoms in total. The highest BCUT2D eigenvalue weighted by Crippen LogP contribution is 2.26. The topological polar surface area (TPSA) is 65.2 Å². The van der Waals surface area contributed by atoms with Crippen LogP contribution in [0, 0.1) is 0 Å². The van der Waals surface area contributed by atoms with Gasteiger partial charge in [0.1, 0.15) is 5.52 Å². The number of rotatable bonds is 2. The Balaban J connectivity index is 1.68. The minimum absolute atomic E-state index is 0.00273. The van der Waals surface area contributed by atoms with Gasteiger partial charge in [-0.15, -0.1) is 5.10 Å². The highest BCUT2D eigenvalue weighted by Gasteiger charge is 2.30. The predicted octanol–water partition coefficient (Wildman–Crippen LogP) is 1.52. The van der Waals surface area contributed by atoms with Gasteiger partial charge in [0.25, 0.3) is 5.91 Å². The zero-order chi connectivity index (χ0) is 16.7. The maximum Gasteiger partial charge on any atom is 0.254 e. The Morgan fingerprint density at radius 2 is 2.17 bits per heavy atom. The minimum atomic E-state index is -0.0798. The first-order valence-corrected chi connectivity index (χ1v) is 7.94. The minimum Gasteiger partial charge on any atom is -0.377 e. The number of aryl methyl sites for hydroxylation is 2. The molecule has 1 fully saturated rings. The molecule has 0 spiro atoms. The molecule has 1 aliphatic rings. The van der Waals surface area contributed by atoms with Gasteiger partial charge in [0, 0.05) is 38.1 Å². The Bertz CT molecular complexity index is 897. The van der Waals surface area contributed by atoms with Gasteiger partial charge in [-0.05, 0) is 30.3 Å². The fourth-order valence-electron chi connectivity index (χ4n) is 3.25. The van der Waals surface area contributed by atoms with Crippen molar-refractivity contribution < 1.29 is 9.53 Å². The number of fused-ring (bicyclic) bond motifs is 1. The van der Waals surface area contributed by atoms with E-state index in [0.29, 0.717) is 25.3 Å². The largest absolute Gasteiger partial charge is 0.377 e. The van der Waals surface area contributed by atoms with Crippen LogP contribution in [0.3, 0.4) is 0 Å². The van der Waals surface area contributed by atoms with Crippen LogP contribution >= 0.6 is 0 Å². The van der Waals surface area contributed by atoms with Crippen LogP contribution in [0.5, 0.6) is 0 Å². The molecular formula is C17H19N5O2. The highest BCUT2D eigenvalue weighted by atomic mass is 16.5. The van der Waals surface area contributed by atoms with Crippen molar-refractivity contribution in [2.24, 2.45) is 14.1 Å². The van der Waals surface area contributed by atoms with E-state index in [0.717, 1.165) is 16.7 Å². The lowest BCUT2D eigenvalue weighted by Gasteiger charge is -2.36. The van der Waals surface area contributed by atoms with Crippen LogP contribution in [0.1, 0.15) is 22.1 Å². The molecular weight excluding hydrogens is 306 g/mol. The average molecular weight is 325 g/mol. The Hall–Kier alpha value is -2.67. The van der Waals surface area contributed by atoms with E-state index >= 15 is 0 Å². The van der Waals surface area contributed by atoms with Crippen molar-refractivity contribution in [3.63, 3.8) is 0 Å². The number of hydrogen-bond donors (Lipinski definition) is 0. The second kappa shape index (κ2) is 5.76. The van der Waals surface area contributed by atoms with Gasteiger partial charge < -0.3 is 14.2 Å². The molecule has 1 amide bonds. The molecule has 0 N–H and O–H groups in total. The zero-order valence-electron chi connectivity index (χ0n) is 13.7. The van der Waals surface area contributed by atoms with Gasteiger partial charge in [0.05, 0.1) is 24.8 Å². The van der Waals surface area contributed by atoms with E-state index in [1.54, 1.807) is 4.68 Å². The van der Waals surface area contributed by atoms with Crippen molar-refractivity contribution in [1.82, 2.24) is 24.5 Å². The smallest absolute Gasteiger partial charge is 0.254 e. The summed E-state index contributed by atoms with van der Waals surface area (Å²) < 4.78 is 9.35. The van der Waals surface area contributed by atoms with Crippen molar-refractivity contribution in [1.29, 1.82) is 0 Å². The first-order valence-electron chi connectivity index (χ1n) is 7.94. The molecule has 24 heavy (non-hydrogen) atoms. The molecule has 0 radical (unpaired) electrons. The number of nitrogens with zero attached hydrogens (tertiary/aromatic N) is 5. The molecule has 124 valence electrons. The van der Waals surface area contributed by atoms with Gasteiger partial charge in [0.2, 0.25) is 0 Å². The normalized spacial score (nSPS) is 18.2. The van der Waals surface area contributed by atoms with Gasteiger partial charge in [-0.3, -0.25) is 4.79 Å². The molecule has 1 atom stereocenters. The third-order valence-electron chi connectivity index (χ3n) is 4.57. The second-order valence-corrected chi connectivity index (χ2v) is 6.05. The highest BCUT2D eigenvalue weighted by molar-refractivity contribution is 5.97. The summed E-state index contributed by atoms with van der Waals surface area (Å²) in [5, 5.41) is 8.10. The molecule has 4 rings (SSSR count). The van der Waals surface area contributed by atoms with E-state index in [4.69, 9.17) is 4.74 Å². The van der Waals surface area contributed by atoms with Gasteiger partial charge in [-0.25, -0.2) is 4.68 Å². The number of ether oxygens (including phenoxy) is 1. The van der Waals surface area contributed by atoms with Gasteiger partial charge in [-0.2, -0.15) is 0 Å². The lowest BCUT2D eigenvalue weighted by atomic mass is 10.1. The van der Waals surface area contributed by atoms with Crippen molar-refractivity contribution in [3.05, 3.63) is 47.8 Å². The Morgan fingerprint density at radius 3 is 2.96 bits per heavy atom. The Morgan fingerprint density at radius 1 is 1.29 bits per heavy atom. The molecule has 1 aliphatic heterocycles. The third kappa shape index (κ3) is 2.37. The van der Waals surface area contributed by atoms with Crippen LogP contribution in [0.15, 0.2) is 36.5 Å². The first-order chi connectivity index (χ1) is 11.6. The Labute approximate surface area is 139 Å². The summed E-state index contributed by atoms with van der Waals surface area (Å²) in [7, 11) is 3.82. The number of hydrogen-bond acceptors (Lipinski definition) is 4. The first kappa shape index (κ1) is 14.9. The molecule has 3 aromatic rings. The van der Waals surface area contributed by atoms with Crippen LogP contribution in [0.2, 0.25) is 0 Å². The number of amides is 1. The number of benzene rings is 1. The van der Waals surface area contributed by atoms with E-state index in [2.05, 4.69) is 10.3 Å². The lowest BCUT2D eigenvalue weighted by molar-refractivity contribution is -0.00462. The number of morpholine rings is 1. The molecule has 7 heteroatoms. The fourth-order valence-corrected chi connectivity index (χ4v) is 3.25. The van der Waals surface area contributed by atoms with Crippen molar-refractivity contribution in [3.8, 4) is 0 Å². The van der Waals surface area contributed by atoms with E-state index in [1.807, 2.05) is 60.1 Å². The molecule has 0 unspecified atom stereocenters. The molecule has 0 saturated carbocycles. The zero-order valence-corrected chi connectivity index (χ0v) is 13.7. The van der Waals surface area contributed by atoms with Crippen LogP contribution < -0.4 is 0 Å². The van der Waals surface area contributed by atoms with Crippen LogP contribution in [-0.2, 0) is 18.8 Å². The van der Waals surface area contributed by atoms with Crippen LogP contribution in [0.25, 0.3) is 11.0 Å². The average Bonchev–Trinajstić information content (AvgIpc) is 3.20. The molecule has 1 aromatic carbocycles. The van der Waals surface area contributed by atoms with Crippen LogP contribution in [0.4, 0.5) is 0 Å². The quantitative estimate of drug-likeness (QED) is 0.716. The predicted molar refractivity (Wildman–Crippen MR) is 88.5 cm³/mol. The summed E-state index contributed by atoms with van der Waals surface area (Å²) >= 11 is 0. The van der Waals surface area contributed by atoms with Crippen molar-refractivity contribution in [2.75, 3.05) is 19.8 Å². The van der Waals surface area contributed by atoms with Crippen molar-refractivity contribution in [2.45, 2.75) is 6.04 Å². The van der Waals surface area contributed by atoms with Crippen molar-refractivity contribution >= 4 is 16.9 Å². The maximum absolute atomic E-state index is 13.1. The van der Waals surface area contributed by atoms with Gasteiger partial charge in [-0.1, -0.05) is 5.21 Å². The number of carbonyl (C=O) groups is 1. The Kier molecular flexibility index (Phi) is 3.57. The summed E-state index contributed by atoms with van der Waals surface area (Å²) in [5.41, 5.74) is 3.34. The van der Waals surface area contributed by atoms with E-state index in [9.17, 15) is 4.79 Å². The fraction of sp³-hybridized carbons (Fsp3) is 0.353.